The zero-order valence-corrected chi connectivity index (χ0v) is 21.0. The van der Waals surface area contributed by atoms with Gasteiger partial charge in [-0.25, -0.2) is 13.8 Å². The summed E-state index contributed by atoms with van der Waals surface area (Å²) in [5.41, 5.74) is 1.62. The number of nitrogens with one attached hydrogen (secondary N) is 2. The van der Waals surface area contributed by atoms with Gasteiger partial charge in [-0.15, -0.1) is 0 Å². The van der Waals surface area contributed by atoms with Gasteiger partial charge in [-0.2, -0.15) is 5.09 Å². The molecule has 0 radical (unpaired) electrons. The lowest BCUT2D eigenvalue weighted by molar-refractivity contribution is -0.149. The largest absolute Gasteiger partial charge is 0.462 e. The Morgan fingerprint density at radius 2 is 1.89 bits per heavy atom. The van der Waals surface area contributed by atoms with E-state index >= 15 is 4.39 Å². The summed E-state index contributed by atoms with van der Waals surface area (Å²) in [4.78, 5) is 37.3. The van der Waals surface area contributed by atoms with E-state index in [4.69, 9.17) is 24.3 Å². The van der Waals surface area contributed by atoms with Crippen LogP contribution in [0.3, 0.4) is 0 Å². The molecular weight excluding hydrogens is 502 g/mol. The zero-order valence-electron chi connectivity index (χ0n) is 20.1. The van der Waals surface area contributed by atoms with Crippen LogP contribution in [0.1, 0.15) is 27.0 Å². The Hall–Kier alpha value is -2.87. The number of carbonyl (C=O) groups excluding carboxylic acids is 1. The molecule has 0 saturated carbocycles. The van der Waals surface area contributed by atoms with Crippen molar-refractivity contribution in [2.45, 2.75) is 51.0 Å². The summed E-state index contributed by atoms with van der Waals surface area (Å²) < 4.78 is 50.2. The molecule has 0 spiro atoms. The first kappa shape index (κ1) is 29.4. The fourth-order valence-corrected chi connectivity index (χ4v) is 4.33. The molecule has 0 aliphatic rings. The molecule has 0 aliphatic carbocycles. The molecule has 1 heterocycles. The number of hydrogen-bond acceptors (Lipinski definition) is 10. The number of para-hydroxylation sites is 1. The molecule has 1 unspecified atom stereocenters. The maximum Gasteiger partial charge on any atom is 0.459 e. The number of hydrogen-bond donors (Lipinski definition) is 4. The second-order valence-corrected chi connectivity index (χ2v) is 9.70. The van der Waals surface area contributed by atoms with Gasteiger partial charge in [0, 0.05) is 19.4 Å². The summed E-state index contributed by atoms with van der Waals surface area (Å²) in [6.07, 6.45) is -4.33. The van der Waals surface area contributed by atoms with E-state index < -0.39 is 61.8 Å². The average molecular weight is 532 g/mol. The third-order valence-electron chi connectivity index (χ3n) is 4.73. The number of alkyl halides is 1. The molecule has 1 aromatic heterocycles. The molecule has 1 aromatic carbocycles. The molecule has 2 rings (SSSR count). The summed E-state index contributed by atoms with van der Waals surface area (Å²) in [7, 11) is -3.44. The number of aliphatic hydroxyl groups is 1. The number of methoxy groups -OCH3 is 1. The number of benzene rings is 1. The van der Waals surface area contributed by atoms with Crippen LogP contribution in [-0.4, -0.2) is 58.4 Å². The van der Waals surface area contributed by atoms with E-state index in [1.807, 2.05) is 4.98 Å². The molecule has 13 nitrogen and oxygen atoms in total. The minimum absolute atomic E-state index is 0.0921. The molecule has 0 saturated heterocycles. The highest BCUT2D eigenvalue weighted by Crippen LogP contribution is 2.46. The van der Waals surface area contributed by atoms with E-state index in [-0.39, 0.29) is 5.75 Å². The van der Waals surface area contributed by atoms with Gasteiger partial charge in [0.2, 0.25) is 0 Å². The molecule has 5 atom stereocenters. The Kier molecular flexibility index (Phi) is 10.1. The Balaban J connectivity index is 2.28. The number of nitrogens with zero attached hydrogens (tertiary/aromatic N) is 1. The number of aromatic nitrogens is 2. The number of aromatic amines is 1. The average Bonchev–Trinajstić information content (AvgIpc) is 2.82. The van der Waals surface area contributed by atoms with Crippen molar-refractivity contribution in [1.82, 2.24) is 14.6 Å². The van der Waals surface area contributed by atoms with Crippen LogP contribution >= 0.6 is 7.75 Å². The number of carbonyl (C=O) groups is 1. The van der Waals surface area contributed by atoms with E-state index in [1.54, 1.807) is 32.0 Å². The van der Waals surface area contributed by atoms with Gasteiger partial charge >= 0.3 is 19.4 Å². The zero-order chi connectivity index (χ0) is 27.1. The summed E-state index contributed by atoms with van der Waals surface area (Å²) in [5.74, 6) is -0.665. The first-order chi connectivity index (χ1) is 16.8. The highest BCUT2D eigenvalue weighted by Gasteiger charge is 2.45. The lowest BCUT2D eigenvalue weighted by Gasteiger charge is -2.34. The number of ether oxygens (including phenoxy) is 2. The predicted molar refractivity (Wildman–Crippen MR) is 126 cm³/mol. The van der Waals surface area contributed by atoms with Crippen molar-refractivity contribution < 1.29 is 37.4 Å². The van der Waals surface area contributed by atoms with Crippen LogP contribution < -0.4 is 26.6 Å². The van der Waals surface area contributed by atoms with E-state index in [9.17, 15) is 24.1 Å². The Labute approximate surface area is 205 Å². The fourth-order valence-electron chi connectivity index (χ4n) is 2.80. The lowest BCUT2D eigenvalue weighted by atomic mass is 10.1. The van der Waals surface area contributed by atoms with Crippen molar-refractivity contribution in [3.8, 4) is 5.75 Å². The van der Waals surface area contributed by atoms with Crippen LogP contribution in [-0.2, 0) is 23.4 Å². The summed E-state index contributed by atoms with van der Waals surface area (Å²) in [5, 5.41) is 12.8. The van der Waals surface area contributed by atoms with Gasteiger partial charge in [0.05, 0.1) is 6.10 Å². The van der Waals surface area contributed by atoms with Gasteiger partial charge < -0.3 is 19.1 Å². The van der Waals surface area contributed by atoms with Gasteiger partial charge in [0.1, 0.15) is 18.4 Å². The Morgan fingerprint density at radius 1 is 1.25 bits per heavy atom. The fraction of sp³-hybridized carbons (Fsp3) is 0.476. The van der Waals surface area contributed by atoms with Gasteiger partial charge in [-0.3, -0.25) is 29.4 Å². The standard InChI is InChI=1S/C21H30FN4O9P/c1-13(2)34-19(29)14(3)25-36(31,35-15-8-6-5-7-9-15)33-12-21(23,32-4)17(22)18(28)26-11-10-16(27)24-20(26)30/h5-11,13-14,17-18,28H,12,23H2,1-4H3,(H,25,31)(H,24,27,30)/t14-,17-,18+,21+,36?/m0/s1. The van der Waals surface area contributed by atoms with Crippen LogP contribution in [0.15, 0.2) is 52.2 Å². The second kappa shape index (κ2) is 12.4. The lowest BCUT2D eigenvalue weighted by Crippen LogP contribution is -2.58. The normalized spacial score (nSPS) is 17.4. The van der Waals surface area contributed by atoms with Crippen LogP contribution in [0.5, 0.6) is 5.75 Å². The van der Waals surface area contributed by atoms with Gasteiger partial charge in [-0.1, -0.05) is 18.2 Å². The van der Waals surface area contributed by atoms with Gasteiger partial charge in [0.25, 0.3) is 5.56 Å². The van der Waals surface area contributed by atoms with Crippen molar-refractivity contribution in [3.05, 3.63) is 63.4 Å². The number of halogens is 1. The summed E-state index contributed by atoms with van der Waals surface area (Å²) in [6, 6.07) is 7.50. The predicted octanol–water partition coefficient (Wildman–Crippen LogP) is 0.800. The summed E-state index contributed by atoms with van der Waals surface area (Å²) >= 11 is 0. The second-order valence-electron chi connectivity index (χ2n) is 8.00. The topological polar surface area (TPSA) is 184 Å². The maximum absolute atomic E-state index is 15.3. The van der Waals surface area contributed by atoms with Crippen LogP contribution in [0, 0.1) is 0 Å². The Bertz CT molecular complexity index is 1180. The van der Waals surface area contributed by atoms with Crippen LogP contribution in [0.4, 0.5) is 4.39 Å². The number of rotatable bonds is 13. The van der Waals surface area contributed by atoms with Crippen molar-refractivity contribution >= 4 is 13.7 Å². The molecule has 36 heavy (non-hydrogen) atoms. The highest BCUT2D eigenvalue weighted by molar-refractivity contribution is 7.52. The number of aliphatic hydroxyl groups excluding tert-OH is 1. The molecule has 15 heteroatoms. The van der Waals surface area contributed by atoms with Crippen LogP contribution in [0.25, 0.3) is 0 Å². The van der Waals surface area contributed by atoms with Crippen molar-refractivity contribution in [3.63, 3.8) is 0 Å². The SMILES string of the molecule is CO[C@](N)(COP(=O)(N[C@@H](C)C(=O)OC(C)C)Oc1ccccc1)[C@@H](F)[C@@H](O)n1ccc(=O)[nH]c1=O. The molecular formula is C21H30FN4O9P. The Morgan fingerprint density at radius 3 is 2.44 bits per heavy atom. The molecule has 0 fully saturated rings. The number of nitrogens with two attached hydrogens (primary N) is 1. The third-order valence-corrected chi connectivity index (χ3v) is 6.35. The van der Waals surface area contributed by atoms with Crippen molar-refractivity contribution in [1.29, 1.82) is 0 Å². The van der Waals surface area contributed by atoms with Gasteiger partial charge in [-0.05, 0) is 32.9 Å². The highest BCUT2D eigenvalue weighted by atomic mass is 31.2. The molecule has 0 bridgehead atoms. The van der Waals surface area contributed by atoms with E-state index in [2.05, 4.69) is 5.09 Å². The van der Waals surface area contributed by atoms with Gasteiger partial charge in [0.15, 0.2) is 18.1 Å². The third kappa shape index (κ3) is 7.82. The van der Waals surface area contributed by atoms with Crippen molar-refractivity contribution in [2.75, 3.05) is 13.7 Å². The first-order valence-electron chi connectivity index (χ1n) is 10.8. The summed E-state index contributed by atoms with van der Waals surface area (Å²) in [6.45, 7) is 3.64. The quantitative estimate of drug-likeness (QED) is 0.163. The monoisotopic (exact) mass is 532 g/mol. The molecule has 0 aliphatic heterocycles. The number of esters is 1. The maximum atomic E-state index is 15.3. The molecule has 2 aromatic rings. The first-order valence-corrected chi connectivity index (χ1v) is 12.3. The van der Waals surface area contributed by atoms with Crippen LogP contribution in [0.2, 0.25) is 0 Å². The minimum Gasteiger partial charge on any atom is -0.462 e. The van der Waals surface area contributed by atoms with E-state index in [0.29, 0.717) is 4.57 Å². The molecule has 200 valence electrons. The molecule has 0 amide bonds. The molecule has 5 N–H and O–H groups in total. The minimum atomic E-state index is -4.44. The number of H-pyrrole nitrogens is 1. The van der Waals surface area contributed by atoms with E-state index in [0.717, 1.165) is 19.4 Å². The van der Waals surface area contributed by atoms with E-state index in [1.165, 1.54) is 19.1 Å². The smallest absolute Gasteiger partial charge is 0.459 e. The van der Waals surface area contributed by atoms with Crippen molar-refractivity contribution in [2.24, 2.45) is 5.73 Å².